The first-order valence-electron chi connectivity index (χ1n) is 8.30. The fraction of sp³-hybridized carbons (Fsp3) is 0.273. The molecule has 0 fully saturated rings. The largest absolute Gasteiger partial charge is 0.483 e. The Labute approximate surface area is 139 Å². The first-order chi connectivity index (χ1) is 11.1. The van der Waals surface area contributed by atoms with Gasteiger partial charge in [0.15, 0.2) is 0 Å². The quantitative estimate of drug-likeness (QED) is 0.678. The molecule has 1 atom stereocenters. The molecule has 1 heterocycles. The van der Waals surface area contributed by atoms with Crippen molar-refractivity contribution in [3.8, 4) is 0 Å². The number of ether oxygens (including phenoxy) is 1. The number of benzene rings is 2. The van der Waals surface area contributed by atoms with Gasteiger partial charge in [0.25, 0.3) is 0 Å². The Morgan fingerprint density at radius 3 is 2.17 bits per heavy atom. The minimum atomic E-state index is -0.268. The van der Waals surface area contributed by atoms with Crippen LogP contribution in [0.4, 0.5) is 0 Å². The van der Waals surface area contributed by atoms with Crippen LogP contribution in [-0.4, -0.2) is 5.60 Å². The maximum absolute atomic E-state index is 6.40. The molecule has 1 aliphatic rings. The van der Waals surface area contributed by atoms with Gasteiger partial charge in [-0.05, 0) is 42.5 Å². The first kappa shape index (κ1) is 15.6. The van der Waals surface area contributed by atoms with Gasteiger partial charge in [-0.15, -0.1) is 0 Å². The number of hydrogen-bond acceptors (Lipinski definition) is 1. The molecular formula is C22H24O. The maximum atomic E-state index is 6.40. The van der Waals surface area contributed by atoms with Crippen molar-refractivity contribution in [1.29, 1.82) is 0 Å². The van der Waals surface area contributed by atoms with Gasteiger partial charge in [-0.2, -0.15) is 0 Å². The van der Waals surface area contributed by atoms with Crippen LogP contribution >= 0.6 is 0 Å². The third-order valence-electron chi connectivity index (χ3n) is 4.19. The van der Waals surface area contributed by atoms with E-state index in [-0.39, 0.29) is 5.60 Å². The van der Waals surface area contributed by atoms with Crippen LogP contribution in [-0.2, 0) is 4.74 Å². The van der Waals surface area contributed by atoms with Gasteiger partial charge >= 0.3 is 0 Å². The summed E-state index contributed by atoms with van der Waals surface area (Å²) in [6, 6.07) is 20.9. The van der Waals surface area contributed by atoms with Crippen LogP contribution in [0.1, 0.15) is 38.3 Å². The fourth-order valence-electron chi connectivity index (χ4n) is 3.36. The van der Waals surface area contributed by atoms with Crippen molar-refractivity contribution >= 4 is 11.6 Å². The molecule has 0 saturated heterocycles. The van der Waals surface area contributed by atoms with Crippen molar-refractivity contribution in [2.24, 2.45) is 5.92 Å². The molecule has 0 spiro atoms. The summed E-state index contributed by atoms with van der Waals surface area (Å²) in [4.78, 5) is 0. The molecule has 0 radical (unpaired) electrons. The summed E-state index contributed by atoms with van der Waals surface area (Å²) in [5, 5.41) is 0. The van der Waals surface area contributed by atoms with Gasteiger partial charge < -0.3 is 4.74 Å². The van der Waals surface area contributed by atoms with Crippen LogP contribution in [0.25, 0.3) is 11.6 Å². The Balaban J connectivity index is 2.00. The molecule has 2 aromatic carbocycles. The second-order valence-electron chi connectivity index (χ2n) is 6.81. The second kappa shape index (κ2) is 6.45. The van der Waals surface area contributed by atoms with Gasteiger partial charge in [0.05, 0.1) is 0 Å². The van der Waals surface area contributed by atoms with Gasteiger partial charge in [0, 0.05) is 5.57 Å². The van der Waals surface area contributed by atoms with Crippen LogP contribution in [0.3, 0.4) is 0 Å². The SMILES string of the molecule is CC(C)C[C@@]1(C)O/C(=C\c2ccccc2)C=C1c1ccccc1. The summed E-state index contributed by atoms with van der Waals surface area (Å²) in [6.07, 6.45) is 5.32. The third kappa shape index (κ3) is 3.56. The van der Waals surface area contributed by atoms with Gasteiger partial charge in [0.1, 0.15) is 11.4 Å². The van der Waals surface area contributed by atoms with Crippen molar-refractivity contribution in [1.82, 2.24) is 0 Å². The van der Waals surface area contributed by atoms with E-state index < -0.39 is 0 Å². The van der Waals surface area contributed by atoms with E-state index in [1.165, 1.54) is 16.7 Å². The Morgan fingerprint density at radius 2 is 1.57 bits per heavy atom. The Morgan fingerprint density at radius 1 is 0.957 bits per heavy atom. The van der Waals surface area contributed by atoms with E-state index in [0.717, 1.165) is 12.2 Å². The van der Waals surface area contributed by atoms with Crippen LogP contribution in [0.15, 0.2) is 72.5 Å². The van der Waals surface area contributed by atoms with Crippen LogP contribution in [0.2, 0.25) is 0 Å². The van der Waals surface area contributed by atoms with Gasteiger partial charge in [-0.1, -0.05) is 74.5 Å². The zero-order valence-electron chi connectivity index (χ0n) is 14.1. The second-order valence-corrected chi connectivity index (χ2v) is 6.81. The van der Waals surface area contributed by atoms with Crippen molar-refractivity contribution in [3.05, 3.63) is 83.6 Å². The summed E-state index contributed by atoms with van der Waals surface area (Å²) in [6.45, 7) is 6.70. The highest BCUT2D eigenvalue weighted by atomic mass is 16.5. The van der Waals surface area contributed by atoms with Crippen LogP contribution in [0.5, 0.6) is 0 Å². The minimum Gasteiger partial charge on any atom is -0.483 e. The van der Waals surface area contributed by atoms with Gasteiger partial charge in [0.2, 0.25) is 0 Å². The standard InChI is InChI=1S/C22H24O/c1-17(2)16-22(3)21(19-12-8-5-9-13-19)15-20(23-22)14-18-10-6-4-7-11-18/h4-15,17H,16H2,1-3H3/b20-14-/t22-/m1/s1. The lowest BCUT2D eigenvalue weighted by atomic mass is 9.84. The molecule has 23 heavy (non-hydrogen) atoms. The molecule has 0 N–H and O–H groups in total. The minimum absolute atomic E-state index is 0.268. The van der Waals surface area contributed by atoms with Gasteiger partial charge in [-0.25, -0.2) is 0 Å². The van der Waals surface area contributed by atoms with Crippen molar-refractivity contribution < 1.29 is 4.74 Å². The lowest BCUT2D eigenvalue weighted by molar-refractivity contribution is 0.0740. The lowest BCUT2D eigenvalue weighted by Gasteiger charge is -2.30. The highest BCUT2D eigenvalue weighted by Gasteiger charge is 2.37. The highest BCUT2D eigenvalue weighted by molar-refractivity contribution is 5.78. The Kier molecular flexibility index (Phi) is 4.38. The molecule has 0 aromatic heterocycles. The Hall–Kier alpha value is -2.28. The van der Waals surface area contributed by atoms with Crippen LogP contribution in [0, 0.1) is 5.92 Å². The molecule has 3 rings (SSSR count). The predicted molar refractivity (Wildman–Crippen MR) is 97.8 cm³/mol. The zero-order chi connectivity index (χ0) is 16.3. The summed E-state index contributed by atoms with van der Waals surface area (Å²) in [7, 11) is 0. The van der Waals surface area contributed by atoms with E-state index >= 15 is 0 Å². The molecule has 1 heteroatoms. The normalized spacial score (nSPS) is 22.3. The molecule has 0 amide bonds. The molecule has 0 aliphatic carbocycles. The van der Waals surface area contributed by atoms with E-state index in [1.54, 1.807) is 0 Å². The zero-order valence-corrected chi connectivity index (χ0v) is 14.1. The average Bonchev–Trinajstić information content (AvgIpc) is 2.84. The van der Waals surface area contributed by atoms with Gasteiger partial charge in [-0.3, -0.25) is 0 Å². The molecule has 0 unspecified atom stereocenters. The molecule has 2 aromatic rings. The fourth-order valence-corrected chi connectivity index (χ4v) is 3.36. The van der Waals surface area contributed by atoms with E-state index in [2.05, 4.69) is 87.5 Å². The summed E-state index contributed by atoms with van der Waals surface area (Å²) in [5.74, 6) is 1.52. The van der Waals surface area contributed by atoms with Crippen molar-refractivity contribution in [2.75, 3.05) is 0 Å². The maximum Gasteiger partial charge on any atom is 0.132 e. The Bertz CT molecular complexity index is 710. The average molecular weight is 304 g/mol. The molecule has 0 bridgehead atoms. The molecule has 0 saturated carbocycles. The monoisotopic (exact) mass is 304 g/mol. The molecule has 118 valence electrons. The van der Waals surface area contributed by atoms with Crippen molar-refractivity contribution in [2.45, 2.75) is 32.8 Å². The summed E-state index contributed by atoms with van der Waals surface area (Å²) < 4.78 is 6.40. The number of allylic oxidation sites excluding steroid dienone is 1. The molecule has 1 aliphatic heterocycles. The molecular weight excluding hydrogens is 280 g/mol. The van der Waals surface area contributed by atoms with E-state index in [9.17, 15) is 0 Å². The van der Waals surface area contributed by atoms with Crippen molar-refractivity contribution in [3.63, 3.8) is 0 Å². The summed E-state index contributed by atoms with van der Waals surface area (Å²) >= 11 is 0. The lowest BCUT2D eigenvalue weighted by Crippen LogP contribution is -2.28. The van der Waals surface area contributed by atoms with Crippen LogP contribution < -0.4 is 0 Å². The smallest absolute Gasteiger partial charge is 0.132 e. The van der Waals surface area contributed by atoms with E-state index in [0.29, 0.717) is 5.92 Å². The predicted octanol–water partition coefficient (Wildman–Crippen LogP) is 5.95. The number of rotatable bonds is 4. The first-order valence-corrected chi connectivity index (χ1v) is 8.30. The van der Waals surface area contributed by atoms with E-state index in [4.69, 9.17) is 4.74 Å². The highest BCUT2D eigenvalue weighted by Crippen LogP contribution is 2.43. The van der Waals surface area contributed by atoms with E-state index in [1.807, 2.05) is 6.07 Å². The summed E-state index contributed by atoms with van der Waals surface area (Å²) in [5.41, 5.74) is 3.41. The number of hydrogen-bond donors (Lipinski definition) is 0. The third-order valence-corrected chi connectivity index (χ3v) is 4.19. The molecule has 1 nitrogen and oxygen atoms in total. The topological polar surface area (TPSA) is 9.23 Å².